The lowest BCUT2D eigenvalue weighted by atomic mass is 10.0. The highest BCUT2D eigenvalue weighted by atomic mass is 16.5. The molecule has 0 aliphatic heterocycles. The lowest BCUT2D eigenvalue weighted by molar-refractivity contribution is -0.132. The fourth-order valence-electron chi connectivity index (χ4n) is 1.97. The van der Waals surface area contributed by atoms with E-state index in [0.29, 0.717) is 12.5 Å². The summed E-state index contributed by atoms with van der Waals surface area (Å²) in [5, 5.41) is 12.9. The first-order chi connectivity index (χ1) is 9.91. The van der Waals surface area contributed by atoms with Crippen molar-refractivity contribution in [2.75, 3.05) is 13.2 Å². The number of hydrogen-bond donors (Lipinski definition) is 2. The van der Waals surface area contributed by atoms with E-state index >= 15 is 0 Å². The van der Waals surface area contributed by atoms with Gasteiger partial charge in [0.05, 0.1) is 6.10 Å². The Morgan fingerprint density at radius 1 is 1.29 bits per heavy atom. The molecular weight excluding hydrogens is 266 g/mol. The predicted octanol–water partition coefficient (Wildman–Crippen LogP) is 2.60. The molecule has 1 aromatic carbocycles. The summed E-state index contributed by atoms with van der Waals surface area (Å²) in [6.45, 7) is 8.68. The van der Waals surface area contributed by atoms with Crippen molar-refractivity contribution in [1.82, 2.24) is 5.32 Å². The van der Waals surface area contributed by atoms with Crippen LogP contribution in [0.3, 0.4) is 0 Å². The van der Waals surface area contributed by atoms with E-state index in [2.05, 4.69) is 19.2 Å². The maximum Gasteiger partial charge on any atom is 0.248 e. The second-order valence-corrected chi connectivity index (χ2v) is 5.81. The van der Waals surface area contributed by atoms with Gasteiger partial charge in [0, 0.05) is 13.2 Å². The number of amides is 1. The Balaban J connectivity index is 2.37. The zero-order chi connectivity index (χ0) is 15.8. The highest BCUT2D eigenvalue weighted by Gasteiger charge is 2.16. The minimum absolute atomic E-state index is 0.189. The summed E-state index contributed by atoms with van der Waals surface area (Å²) in [6.07, 6.45) is -0.255. The van der Waals surface area contributed by atoms with E-state index in [9.17, 15) is 9.90 Å². The molecule has 0 aromatic heterocycles. The lowest BCUT2D eigenvalue weighted by Crippen LogP contribution is -2.37. The van der Waals surface area contributed by atoms with Crippen LogP contribution in [0.1, 0.15) is 44.4 Å². The van der Waals surface area contributed by atoms with Crippen molar-refractivity contribution >= 4 is 5.91 Å². The fourth-order valence-corrected chi connectivity index (χ4v) is 1.97. The smallest absolute Gasteiger partial charge is 0.248 e. The van der Waals surface area contributed by atoms with Crippen LogP contribution < -0.4 is 5.32 Å². The molecular formula is C17H27NO3. The summed E-state index contributed by atoms with van der Waals surface area (Å²) in [4.78, 5) is 11.9. The van der Waals surface area contributed by atoms with Gasteiger partial charge in [0.1, 0.15) is 6.10 Å². The molecule has 0 bridgehead atoms. The van der Waals surface area contributed by atoms with E-state index in [0.717, 1.165) is 17.5 Å². The average Bonchev–Trinajstić information content (AvgIpc) is 2.44. The van der Waals surface area contributed by atoms with Crippen LogP contribution in [0.5, 0.6) is 0 Å². The van der Waals surface area contributed by atoms with Crippen LogP contribution in [0.4, 0.5) is 0 Å². The summed E-state index contributed by atoms with van der Waals surface area (Å²) >= 11 is 0. The summed E-state index contributed by atoms with van der Waals surface area (Å²) in [6, 6.07) is 7.62. The Kier molecular flexibility index (Phi) is 7.40. The van der Waals surface area contributed by atoms with Crippen LogP contribution in [0.15, 0.2) is 24.3 Å². The second-order valence-electron chi connectivity index (χ2n) is 5.81. The molecule has 21 heavy (non-hydrogen) atoms. The maximum absolute atomic E-state index is 11.9. The van der Waals surface area contributed by atoms with E-state index in [1.807, 2.05) is 31.2 Å². The zero-order valence-corrected chi connectivity index (χ0v) is 13.4. The van der Waals surface area contributed by atoms with Crippen molar-refractivity contribution in [1.29, 1.82) is 0 Å². The third-order valence-electron chi connectivity index (χ3n) is 3.45. The van der Waals surface area contributed by atoms with Crippen LogP contribution in [-0.2, 0) is 9.53 Å². The number of rotatable bonds is 8. The van der Waals surface area contributed by atoms with Gasteiger partial charge in [-0.15, -0.1) is 0 Å². The molecule has 0 saturated heterocycles. The predicted molar refractivity (Wildman–Crippen MR) is 84.0 cm³/mol. The molecule has 1 rings (SSSR count). The lowest BCUT2D eigenvalue weighted by Gasteiger charge is -2.17. The summed E-state index contributed by atoms with van der Waals surface area (Å²) in [7, 11) is 0. The number of hydrogen-bond acceptors (Lipinski definition) is 3. The maximum atomic E-state index is 11.9. The minimum Gasteiger partial charge on any atom is -0.387 e. The Morgan fingerprint density at radius 3 is 2.57 bits per heavy atom. The minimum atomic E-state index is -0.696. The number of carbonyl (C=O) groups is 1. The van der Waals surface area contributed by atoms with Gasteiger partial charge in [-0.05, 0) is 37.3 Å². The highest BCUT2D eigenvalue weighted by Crippen LogP contribution is 2.16. The molecule has 118 valence electrons. The molecule has 2 atom stereocenters. The van der Waals surface area contributed by atoms with Gasteiger partial charge >= 0.3 is 0 Å². The van der Waals surface area contributed by atoms with Crippen LogP contribution >= 0.6 is 0 Å². The third-order valence-corrected chi connectivity index (χ3v) is 3.45. The molecule has 0 aliphatic carbocycles. The number of aliphatic hydroxyl groups is 1. The van der Waals surface area contributed by atoms with Crippen LogP contribution in [0.2, 0.25) is 0 Å². The van der Waals surface area contributed by atoms with Crippen molar-refractivity contribution < 1.29 is 14.6 Å². The van der Waals surface area contributed by atoms with Crippen LogP contribution in [0, 0.1) is 12.8 Å². The average molecular weight is 293 g/mol. The third kappa shape index (κ3) is 6.27. The van der Waals surface area contributed by atoms with Crippen LogP contribution in [0.25, 0.3) is 0 Å². The van der Waals surface area contributed by atoms with E-state index in [1.54, 1.807) is 6.92 Å². The van der Waals surface area contributed by atoms with Gasteiger partial charge in [-0.25, -0.2) is 0 Å². The normalized spacial score (nSPS) is 14.0. The molecule has 4 heteroatoms. The number of benzene rings is 1. The Bertz CT molecular complexity index is 445. The number of aliphatic hydroxyl groups excluding tert-OH is 1. The van der Waals surface area contributed by atoms with E-state index in [4.69, 9.17) is 4.74 Å². The molecule has 1 aromatic rings. The molecule has 1 amide bonds. The summed E-state index contributed by atoms with van der Waals surface area (Å²) in [5.41, 5.74) is 1.85. The van der Waals surface area contributed by atoms with Gasteiger partial charge in [-0.1, -0.05) is 38.1 Å². The first kappa shape index (κ1) is 17.7. The molecule has 2 unspecified atom stereocenters. The summed E-state index contributed by atoms with van der Waals surface area (Å²) < 4.78 is 5.48. The zero-order valence-electron chi connectivity index (χ0n) is 13.4. The quantitative estimate of drug-likeness (QED) is 0.774. The highest BCUT2D eigenvalue weighted by molar-refractivity contribution is 5.80. The van der Waals surface area contributed by atoms with Gasteiger partial charge in [0.25, 0.3) is 0 Å². The van der Waals surface area contributed by atoms with Gasteiger partial charge < -0.3 is 15.2 Å². The van der Waals surface area contributed by atoms with Crippen molar-refractivity contribution in [3.63, 3.8) is 0 Å². The number of aryl methyl sites for hydroxylation is 1. The Morgan fingerprint density at radius 2 is 1.95 bits per heavy atom. The van der Waals surface area contributed by atoms with E-state index in [-0.39, 0.29) is 12.5 Å². The van der Waals surface area contributed by atoms with E-state index in [1.165, 1.54) is 0 Å². The Hall–Kier alpha value is -1.39. The first-order valence-electron chi connectivity index (χ1n) is 7.54. The number of ether oxygens (including phenoxy) is 1. The van der Waals surface area contributed by atoms with Crippen LogP contribution in [-0.4, -0.2) is 30.3 Å². The standard InChI is InChI=1S/C17H27NO3/c1-12(2)9-10-21-14(4)17(20)18-11-16(19)15-8-6-5-7-13(15)3/h5-8,12,14,16,19H,9-11H2,1-4H3,(H,18,20). The molecule has 0 spiro atoms. The molecule has 0 saturated carbocycles. The fraction of sp³-hybridized carbons (Fsp3) is 0.588. The molecule has 0 heterocycles. The molecule has 0 radical (unpaired) electrons. The molecule has 0 aliphatic rings. The largest absolute Gasteiger partial charge is 0.387 e. The van der Waals surface area contributed by atoms with Gasteiger partial charge in [0.15, 0.2) is 0 Å². The molecule has 0 fully saturated rings. The second kappa shape index (κ2) is 8.80. The first-order valence-corrected chi connectivity index (χ1v) is 7.54. The van der Waals surface area contributed by atoms with Crippen molar-refractivity contribution in [2.45, 2.75) is 46.3 Å². The number of nitrogens with one attached hydrogen (secondary N) is 1. The summed E-state index contributed by atoms with van der Waals surface area (Å²) in [5.74, 6) is 0.370. The van der Waals surface area contributed by atoms with Gasteiger partial charge in [0.2, 0.25) is 5.91 Å². The monoisotopic (exact) mass is 293 g/mol. The van der Waals surface area contributed by atoms with Gasteiger partial charge in [-0.3, -0.25) is 4.79 Å². The van der Waals surface area contributed by atoms with Crippen molar-refractivity contribution in [3.8, 4) is 0 Å². The molecule has 4 nitrogen and oxygen atoms in total. The molecule has 2 N–H and O–H groups in total. The topological polar surface area (TPSA) is 58.6 Å². The number of carbonyl (C=O) groups excluding carboxylic acids is 1. The Labute approximate surface area is 127 Å². The van der Waals surface area contributed by atoms with Gasteiger partial charge in [-0.2, -0.15) is 0 Å². The van der Waals surface area contributed by atoms with Crippen molar-refractivity contribution in [2.24, 2.45) is 5.92 Å². The SMILES string of the molecule is Cc1ccccc1C(O)CNC(=O)C(C)OCCC(C)C. The van der Waals surface area contributed by atoms with Crippen molar-refractivity contribution in [3.05, 3.63) is 35.4 Å². The van der Waals surface area contributed by atoms with E-state index < -0.39 is 12.2 Å².